The van der Waals surface area contributed by atoms with Crippen LogP contribution in [0.4, 0.5) is 5.69 Å². The van der Waals surface area contributed by atoms with Crippen LogP contribution in [0.5, 0.6) is 0 Å². The second kappa shape index (κ2) is 5.17. The Hall–Kier alpha value is -0.580. The van der Waals surface area contributed by atoms with E-state index in [2.05, 4.69) is 26.2 Å². The molecular formula is C11H10BrClN2S. The molecule has 2 nitrogen and oxygen atoms in total. The largest absolute Gasteiger partial charge is 0.379 e. The highest BCUT2D eigenvalue weighted by Gasteiger charge is 2.02. The zero-order valence-corrected chi connectivity index (χ0v) is 11.8. The van der Waals surface area contributed by atoms with Crippen molar-refractivity contribution >= 4 is 44.6 Å². The van der Waals surface area contributed by atoms with E-state index in [1.807, 2.05) is 31.3 Å². The third-order valence-corrected chi connectivity index (χ3v) is 3.79. The number of aryl methyl sites for hydroxylation is 1. The quantitative estimate of drug-likeness (QED) is 0.903. The van der Waals surface area contributed by atoms with E-state index in [1.165, 1.54) is 4.88 Å². The Morgan fingerprint density at radius 2 is 2.31 bits per heavy atom. The second-order valence-corrected chi connectivity index (χ2v) is 5.97. The Labute approximate surface area is 112 Å². The number of benzene rings is 1. The third-order valence-electron chi connectivity index (χ3n) is 2.05. The van der Waals surface area contributed by atoms with Crippen molar-refractivity contribution in [3.63, 3.8) is 0 Å². The van der Waals surface area contributed by atoms with Gasteiger partial charge in [0.05, 0.1) is 22.3 Å². The maximum atomic E-state index is 6.07. The molecule has 16 heavy (non-hydrogen) atoms. The smallest absolute Gasteiger partial charge is 0.0897 e. The Kier molecular flexibility index (Phi) is 3.84. The summed E-state index contributed by atoms with van der Waals surface area (Å²) in [6.45, 7) is 2.75. The van der Waals surface area contributed by atoms with Gasteiger partial charge in [-0.3, -0.25) is 0 Å². The molecule has 0 unspecified atom stereocenters. The van der Waals surface area contributed by atoms with Crippen LogP contribution in [-0.4, -0.2) is 4.98 Å². The van der Waals surface area contributed by atoms with Crippen LogP contribution in [0.1, 0.15) is 9.88 Å². The van der Waals surface area contributed by atoms with Crippen molar-refractivity contribution in [1.82, 2.24) is 4.98 Å². The lowest BCUT2D eigenvalue weighted by Gasteiger charge is -2.07. The minimum absolute atomic E-state index is 0.726. The predicted molar refractivity (Wildman–Crippen MR) is 73.3 cm³/mol. The molecule has 0 aliphatic rings. The molecule has 2 aromatic rings. The number of hydrogen-bond donors (Lipinski definition) is 1. The van der Waals surface area contributed by atoms with Gasteiger partial charge in [0.1, 0.15) is 0 Å². The number of rotatable bonds is 3. The number of nitrogens with one attached hydrogen (secondary N) is 1. The van der Waals surface area contributed by atoms with E-state index in [0.29, 0.717) is 0 Å². The second-order valence-electron chi connectivity index (χ2n) is 3.32. The zero-order valence-electron chi connectivity index (χ0n) is 8.63. The van der Waals surface area contributed by atoms with Crippen LogP contribution in [0.25, 0.3) is 0 Å². The summed E-state index contributed by atoms with van der Waals surface area (Å²) in [6.07, 6.45) is 1.89. The summed E-state index contributed by atoms with van der Waals surface area (Å²) in [7, 11) is 0. The molecular weight excluding hydrogens is 308 g/mol. The predicted octanol–water partition coefficient (Wildman–Crippen LogP) is 4.48. The van der Waals surface area contributed by atoms with E-state index >= 15 is 0 Å². The molecule has 1 heterocycles. The van der Waals surface area contributed by atoms with Gasteiger partial charge < -0.3 is 5.32 Å². The highest BCUT2D eigenvalue weighted by Crippen LogP contribution is 2.26. The summed E-state index contributed by atoms with van der Waals surface area (Å²) in [5.74, 6) is 0. The van der Waals surface area contributed by atoms with E-state index in [9.17, 15) is 0 Å². The fraction of sp³-hybridized carbons (Fsp3) is 0.182. The minimum atomic E-state index is 0.726. The number of hydrogen-bond acceptors (Lipinski definition) is 3. The molecule has 0 saturated heterocycles. The van der Waals surface area contributed by atoms with Crippen molar-refractivity contribution in [2.45, 2.75) is 13.5 Å². The van der Waals surface area contributed by atoms with Gasteiger partial charge in [-0.1, -0.05) is 27.5 Å². The standard InChI is InChI=1S/C11H10BrClN2S/c1-7-14-5-9(16-7)6-15-11-4-8(12)2-3-10(11)13/h2-5,15H,6H2,1H3. The Morgan fingerprint density at radius 3 is 3.00 bits per heavy atom. The Morgan fingerprint density at radius 1 is 1.50 bits per heavy atom. The molecule has 0 bridgehead atoms. The summed E-state index contributed by atoms with van der Waals surface area (Å²) in [6, 6.07) is 5.76. The lowest BCUT2D eigenvalue weighted by molar-refractivity contribution is 1.17. The number of thiazole rings is 1. The lowest BCUT2D eigenvalue weighted by Crippen LogP contribution is -1.97. The van der Waals surface area contributed by atoms with E-state index < -0.39 is 0 Å². The van der Waals surface area contributed by atoms with E-state index in [-0.39, 0.29) is 0 Å². The van der Waals surface area contributed by atoms with Crippen LogP contribution >= 0.6 is 38.9 Å². The van der Waals surface area contributed by atoms with Gasteiger partial charge in [-0.2, -0.15) is 0 Å². The normalized spacial score (nSPS) is 10.4. The summed E-state index contributed by atoms with van der Waals surface area (Å²) < 4.78 is 1.01. The maximum Gasteiger partial charge on any atom is 0.0897 e. The number of aromatic nitrogens is 1. The first kappa shape index (κ1) is 11.9. The van der Waals surface area contributed by atoms with Gasteiger partial charge in [0.25, 0.3) is 0 Å². The van der Waals surface area contributed by atoms with Crippen LogP contribution < -0.4 is 5.32 Å². The van der Waals surface area contributed by atoms with Crippen molar-refractivity contribution in [1.29, 1.82) is 0 Å². The van der Waals surface area contributed by atoms with Gasteiger partial charge in [-0.05, 0) is 25.1 Å². The maximum absolute atomic E-state index is 6.07. The summed E-state index contributed by atoms with van der Waals surface area (Å²) in [5, 5.41) is 5.10. The van der Waals surface area contributed by atoms with Crippen molar-refractivity contribution in [3.05, 3.63) is 43.8 Å². The highest BCUT2D eigenvalue weighted by molar-refractivity contribution is 9.10. The van der Waals surface area contributed by atoms with E-state index in [1.54, 1.807) is 11.3 Å². The SMILES string of the molecule is Cc1ncc(CNc2cc(Br)ccc2Cl)s1. The molecule has 0 fully saturated rings. The molecule has 0 amide bonds. The number of anilines is 1. The molecule has 0 aliphatic carbocycles. The molecule has 84 valence electrons. The van der Waals surface area contributed by atoms with Gasteiger partial charge in [-0.15, -0.1) is 11.3 Å². The van der Waals surface area contributed by atoms with Gasteiger partial charge in [0.2, 0.25) is 0 Å². The third kappa shape index (κ3) is 2.97. The molecule has 1 N–H and O–H groups in total. The molecule has 0 atom stereocenters. The van der Waals surface area contributed by atoms with Crippen molar-refractivity contribution in [3.8, 4) is 0 Å². The van der Waals surface area contributed by atoms with Crippen LogP contribution in [0.3, 0.4) is 0 Å². The molecule has 1 aromatic carbocycles. The molecule has 0 radical (unpaired) electrons. The first-order valence-corrected chi connectivity index (χ1v) is 6.74. The summed E-state index contributed by atoms with van der Waals surface area (Å²) in [4.78, 5) is 5.41. The Balaban J connectivity index is 2.07. The minimum Gasteiger partial charge on any atom is -0.379 e. The topological polar surface area (TPSA) is 24.9 Å². The number of halogens is 2. The molecule has 5 heteroatoms. The van der Waals surface area contributed by atoms with E-state index in [4.69, 9.17) is 11.6 Å². The van der Waals surface area contributed by atoms with E-state index in [0.717, 1.165) is 26.7 Å². The van der Waals surface area contributed by atoms with Crippen LogP contribution in [0.15, 0.2) is 28.9 Å². The van der Waals surface area contributed by atoms with Gasteiger partial charge in [0.15, 0.2) is 0 Å². The molecule has 0 spiro atoms. The highest BCUT2D eigenvalue weighted by atomic mass is 79.9. The first-order valence-electron chi connectivity index (χ1n) is 4.75. The van der Waals surface area contributed by atoms with Gasteiger partial charge in [0, 0.05) is 15.5 Å². The average molecular weight is 318 g/mol. The molecule has 1 aromatic heterocycles. The van der Waals surface area contributed by atoms with Crippen LogP contribution in [0.2, 0.25) is 5.02 Å². The first-order chi connectivity index (χ1) is 7.65. The molecule has 0 aliphatic heterocycles. The monoisotopic (exact) mass is 316 g/mol. The fourth-order valence-corrected chi connectivity index (χ4v) is 2.58. The average Bonchev–Trinajstić information content (AvgIpc) is 2.66. The lowest BCUT2D eigenvalue weighted by atomic mass is 10.3. The van der Waals surface area contributed by atoms with Crippen LogP contribution in [0, 0.1) is 6.92 Å². The number of nitrogens with zero attached hydrogens (tertiary/aromatic N) is 1. The fourth-order valence-electron chi connectivity index (χ4n) is 1.30. The van der Waals surface area contributed by atoms with Crippen molar-refractivity contribution in [2.24, 2.45) is 0 Å². The zero-order chi connectivity index (χ0) is 11.5. The van der Waals surface area contributed by atoms with Crippen molar-refractivity contribution < 1.29 is 0 Å². The van der Waals surface area contributed by atoms with Crippen LogP contribution in [-0.2, 0) is 6.54 Å². The summed E-state index contributed by atoms with van der Waals surface area (Å²) in [5.41, 5.74) is 0.932. The summed E-state index contributed by atoms with van der Waals surface area (Å²) >= 11 is 11.2. The van der Waals surface area contributed by atoms with Gasteiger partial charge in [-0.25, -0.2) is 4.98 Å². The van der Waals surface area contributed by atoms with Gasteiger partial charge >= 0.3 is 0 Å². The molecule has 2 rings (SSSR count). The Bertz CT molecular complexity index is 498. The van der Waals surface area contributed by atoms with Crippen molar-refractivity contribution in [2.75, 3.05) is 5.32 Å². The molecule has 0 saturated carbocycles.